The molecule has 12 nitrogen and oxygen atoms in total. The first kappa shape index (κ1) is 44.0. The Balaban J connectivity index is -0.0000000192. The molecule has 0 fully saturated rings. The summed E-state index contributed by atoms with van der Waals surface area (Å²) < 4.78 is 93.2. The molecule has 0 aromatic rings. The van der Waals surface area contributed by atoms with Crippen LogP contribution in [-0.4, -0.2) is 82.1 Å². The Morgan fingerprint density at radius 3 is 0.632 bits per heavy atom. The SMILES string of the molecule is [La].[O]=[Ti]([OH])[OH].[O]=[Ti]([OH])[OH].[O]=[Zr]([OH])[OH].[O]=[Zr]([OH])[OH].[PbH2].[PbH2]. The molecule has 0 aromatic heterocycles. The number of hydrogen-bond donors (Lipinski definition) is 8. The summed E-state index contributed by atoms with van der Waals surface area (Å²) in [6.45, 7) is 0. The van der Waals surface area contributed by atoms with Gasteiger partial charge in [0, 0.05) is 35.6 Å². The zero-order valence-electron chi connectivity index (χ0n) is 9.20. The van der Waals surface area contributed by atoms with Gasteiger partial charge >= 0.3 is 177 Å². The van der Waals surface area contributed by atoms with Crippen molar-refractivity contribution < 1.29 is 158 Å². The summed E-state index contributed by atoms with van der Waals surface area (Å²) in [5, 5.41) is 0. The van der Waals surface area contributed by atoms with Crippen LogP contribution in [0.3, 0.4) is 0 Å². The van der Waals surface area contributed by atoms with E-state index in [1.165, 1.54) is 0 Å². The molecule has 0 aliphatic carbocycles. The fraction of sp³-hybridized carbons (Fsp3) is 0. The molecular formula is H12LaO12Pb2Ti2Zr2. The van der Waals surface area contributed by atoms with Gasteiger partial charge in [0.05, 0.1) is 0 Å². The van der Waals surface area contributed by atoms with E-state index in [1.807, 2.05) is 0 Å². The van der Waals surface area contributed by atoms with E-state index in [1.54, 1.807) is 0 Å². The average Bonchev–Trinajstić information content (AvgIpc) is 1.76. The maximum atomic E-state index is 8.84. The second-order valence-electron chi connectivity index (χ2n) is 1.13. The van der Waals surface area contributed by atoms with Gasteiger partial charge in [0.15, 0.2) is 0 Å². The third kappa shape index (κ3) is 394. The summed E-state index contributed by atoms with van der Waals surface area (Å²) in [7, 11) is 0. The van der Waals surface area contributed by atoms with Gasteiger partial charge in [0.25, 0.3) is 0 Å². The van der Waals surface area contributed by atoms with Crippen LogP contribution in [0.4, 0.5) is 0 Å². The molecule has 0 aliphatic heterocycles. The summed E-state index contributed by atoms with van der Waals surface area (Å²) >= 11 is -14.8. The van der Waals surface area contributed by atoms with Crippen molar-refractivity contribution in [2.24, 2.45) is 0 Å². The minimum absolute atomic E-state index is 0. The Kier molecular flexibility index (Phi) is 89.3. The summed E-state index contributed by atoms with van der Waals surface area (Å²) in [6, 6.07) is 0. The molecule has 0 saturated heterocycles. The standard InChI is InChI=1S/La.8H2O.4O.2Pb.2Ti.2Zr.4H/h;8*1H2;;;;;;;;;;;;;;/q;;;;;;;;;;;;;;;4*+2;;;;/p-8. The molecule has 0 atom stereocenters. The van der Waals surface area contributed by atoms with E-state index in [0.717, 1.165) is 0 Å². The van der Waals surface area contributed by atoms with Crippen molar-refractivity contribution in [2.45, 2.75) is 0 Å². The second-order valence-corrected chi connectivity index (χ2v) is 5.67. The van der Waals surface area contributed by atoms with Crippen molar-refractivity contribution in [1.29, 1.82) is 0 Å². The summed E-state index contributed by atoms with van der Waals surface area (Å²) in [5.41, 5.74) is 0. The van der Waals surface area contributed by atoms with Gasteiger partial charge in [0.2, 0.25) is 0 Å². The third-order valence-electron chi connectivity index (χ3n) is 0. The van der Waals surface area contributed by atoms with Crippen molar-refractivity contribution in [1.82, 2.24) is 0 Å². The quantitative estimate of drug-likeness (QED) is 0.106. The zero-order valence-corrected chi connectivity index (χ0v) is 31.9. The Hall–Kier alpha value is 5.11. The van der Waals surface area contributed by atoms with Crippen LogP contribution < -0.4 is 0 Å². The van der Waals surface area contributed by atoms with E-state index in [4.69, 9.17) is 39.8 Å². The fourth-order valence-corrected chi connectivity index (χ4v) is 0. The van der Waals surface area contributed by atoms with Crippen molar-refractivity contribution in [3.63, 3.8) is 0 Å². The van der Waals surface area contributed by atoms with Crippen molar-refractivity contribution in [2.75, 3.05) is 0 Å². The van der Waals surface area contributed by atoms with Crippen LogP contribution in [0.2, 0.25) is 0 Å². The Bertz CT molecular complexity index is 172. The van der Waals surface area contributed by atoms with Gasteiger partial charge in [-0.15, -0.1) is 0 Å². The first-order valence-electron chi connectivity index (χ1n) is 2.61. The molecule has 19 heteroatoms. The molecular weight excluding hydrogens is 1020 g/mol. The monoisotopic (exact) mass is 1030 g/mol. The van der Waals surface area contributed by atoms with Gasteiger partial charge < -0.3 is 0 Å². The van der Waals surface area contributed by atoms with E-state index in [9.17, 15) is 0 Å². The molecule has 0 bridgehead atoms. The van der Waals surface area contributed by atoms with Crippen molar-refractivity contribution >= 4 is 54.6 Å². The average molecular weight is 1040 g/mol. The van der Waals surface area contributed by atoms with Crippen molar-refractivity contribution in [3.8, 4) is 0 Å². The van der Waals surface area contributed by atoms with Gasteiger partial charge in [-0.05, 0) is 0 Å². The molecule has 0 spiro atoms. The fourth-order valence-electron chi connectivity index (χ4n) is 0. The van der Waals surface area contributed by atoms with Crippen LogP contribution in [0.15, 0.2) is 0 Å². The van der Waals surface area contributed by atoms with Crippen LogP contribution in [0.5, 0.6) is 0 Å². The summed E-state index contributed by atoms with van der Waals surface area (Å²) in [6.07, 6.45) is 0. The molecule has 8 N–H and O–H groups in total. The third-order valence-corrected chi connectivity index (χ3v) is 0. The molecule has 111 valence electrons. The maximum absolute atomic E-state index is 8.84. The van der Waals surface area contributed by atoms with Crippen LogP contribution in [0.1, 0.15) is 0 Å². The topological polar surface area (TPSA) is 230 Å². The summed E-state index contributed by atoms with van der Waals surface area (Å²) in [4.78, 5) is 0. The predicted molar refractivity (Wildman–Crippen MR) is 37.6 cm³/mol. The molecule has 0 amide bonds. The number of hydrogen-bond acceptors (Lipinski definition) is 4. The molecule has 19 heavy (non-hydrogen) atoms. The van der Waals surface area contributed by atoms with Gasteiger partial charge in [-0.2, -0.15) is 0 Å². The molecule has 0 saturated carbocycles. The molecule has 0 aromatic carbocycles. The van der Waals surface area contributed by atoms with E-state index in [-0.39, 0.29) is 90.2 Å². The first-order valence-corrected chi connectivity index (χ1v) is 13.1. The van der Waals surface area contributed by atoms with Gasteiger partial charge in [0.1, 0.15) is 0 Å². The second kappa shape index (κ2) is 38.6. The molecule has 0 rings (SSSR count). The van der Waals surface area contributed by atoms with E-state index in [0.29, 0.717) is 0 Å². The number of rotatable bonds is 0. The van der Waals surface area contributed by atoms with Crippen LogP contribution in [0, 0.1) is 35.6 Å². The molecule has 0 aliphatic rings. The van der Waals surface area contributed by atoms with Crippen LogP contribution in [-0.2, 0) is 94.8 Å². The van der Waals surface area contributed by atoms with Crippen LogP contribution in [0.25, 0.3) is 0 Å². The minimum atomic E-state index is -3.79. The first-order chi connectivity index (χ1) is 6.93. The Morgan fingerprint density at radius 1 is 0.632 bits per heavy atom. The normalized spacial score (nSPS) is 5.47. The van der Waals surface area contributed by atoms with Gasteiger partial charge in [-0.1, -0.05) is 0 Å². The van der Waals surface area contributed by atoms with Crippen LogP contribution >= 0.6 is 0 Å². The zero-order chi connectivity index (χ0) is 14.3. The van der Waals surface area contributed by atoms with Crippen molar-refractivity contribution in [3.05, 3.63) is 0 Å². The Morgan fingerprint density at radius 2 is 0.632 bits per heavy atom. The molecule has 0 heterocycles. The predicted octanol–water partition coefficient (Wildman–Crippen LogP) is -6.77. The van der Waals surface area contributed by atoms with E-state index < -0.39 is 82.5 Å². The van der Waals surface area contributed by atoms with Gasteiger partial charge in [-0.25, -0.2) is 0 Å². The van der Waals surface area contributed by atoms with E-state index >= 15 is 0 Å². The molecule has 0 unspecified atom stereocenters. The molecule has 5 radical (unpaired) electrons. The van der Waals surface area contributed by atoms with E-state index in [2.05, 4.69) is 0 Å². The van der Waals surface area contributed by atoms with Gasteiger partial charge in [-0.3, -0.25) is 0 Å². The Labute approximate surface area is 207 Å². The summed E-state index contributed by atoms with van der Waals surface area (Å²) in [5.74, 6) is 0.